The highest BCUT2D eigenvalue weighted by atomic mass is 35.5. The number of hydrogen-bond donors (Lipinski definition) is 2. The molecule has 0 unspecified atom stereocenters. The minimum atomic E-state index is -1.03. The lowest BCUT2D eigenvalue weighted by molar-refractivity contribution is -0.112. The van der Waals surface area contributed by atoms with E-state index < -0.39 is 11.9 Å². The number of halogens is 1. The molecule has 0 bridgehead atoms. The summed E-state index contributed by atoms with van der Waals surface area (Å²) in [5, 5.41) is 21.9. The predicted molar refractivity (Wildman–Crippen MR) is 114 cm³/mol. The van der Waals surface area contributed by atoms with E-state index >= 15 is 0 Å². The van der Waals surface area contributed by atoms with Gasteiger partial charge in [0.1, 0.15) is 23.2 Å². The van der Waals surface area contributed by atoms with Crippen LogP contribution in [0.2, 0.25) is 5.02 Å². The van der Waals surface area contributed by atoms with E-state index in [2.05, 4.69) is 5.32 Å². The van der Waals surface area contributed by atoms with Crippen LogP contribution in [0.3, 0.4) is 0 Å². The Labute approximate surface area is 178 Å². The van der Waals surface area contributed by atoms with Gasteiger partial charge < -0.3 is 14.8 Å². The molecule has 2 N–H and O–H groups in total. The molecule has 0 fully saturated rings. The third kappa shape index (κ3) is 4.43. The van der Waals surface area contributed by atoms with Gasteiger partial charge in [0, 0.05) is 22.3 Å². The van der Waals surface area contributed by atoms with Crippen LogP contribution in [0.1, 0.15) is 27.2 Å². The van der Waals surface area contributed by atoms with E-state index in [4.69, 9.17) is 16.0 Å². The van der Waals surface area contributed by atoms with Crippen molar-refractivity contribution in [2.24, 2.45) is 0 Å². The van der Waals surface area contributed by atoms with Gasteiger partial charge in [-0.15, -0.1) is 0 Å². The van der Waals surface area contributed by atoms with Crippen LogP contribution in [0.15, 0.2) is 58.5 Å². The number of aromatic carboxylic acids is 1. The summed E-state index contributed by atoms with van der Waals surface area (Å²) in [6.07, 6.45) is 1.32. The maximum atomic E-state index is 12.5. The number of carboxylic acid groups (broad SMARTS) is 1. The summed E-state index contributed by atoms with van der Waals surface area (Å²) in [6.45, 7) is 3.47. The second-order valence-electron chi connectivity index (χ2n) is 6.57. The van der Waals surface area contributed by atoms with Crippen molar-refractivity contribution in [3.63, 3.8) is 0 Å². The Balaban J connectivity index is 1.86. The van der Waals surface area contributed by atoms with Crippen molar-refractivity contribution in [2.75, 3.05) is 5.32 Å². The Morgan fingerprint density at radius 2 is 1.93 bits per heavy atom. The average Bonchev–Trinajstić information content (AvgIpc) is 3.18. The van der Waals surface area contributed by atoms with Gasteiger partial charge in [0.25, 0.3) is 5.91 Å². The number of anilines is 1. The van der Waals surface area contributed by atoms with Gasteiger partial charge in [-0.2, -0.15) is 5.26 Å². The number of hydrogen-bond acceptors (Lipinski definition) is 4. The Bertz CT molecular complexity index is 1220. The molecule has 0 saturated heterocycles. The fraction of sp³-hybridized carbons (Fsp3) is 0.0870. The number of carboxylic acids is 1. The van der Waals surface area contributed by atoms with Gasteiger partial charge in [-0.3, -0.25) is 4.79 Å². The average molecular weight is 421 g/mol. The highest BCUT2D eigenvalue weighted by Gasteiger charge is 2.14. The Kier molecular flexibility index (Phi) is 6.05. The van der Waals surface area contributed by atoms with Crippen molar-refractivity contribution in [1.29, 1.82) is 5.26 Å². The normalized spacial score (nSPS) is 11.1. The molecule has 0 aliphatic heterocycles. The molecule has 0 aliphatic carbocycles. The number of rotatable bonds is 5. The largest absolute Gasteiger partial charge is 0.478 e. The number of nitriles is 1. The van der Waals surface area contributed by atoms with E-state index in [0.29, 0.717) is 33.2 Å². The van der Waals surface area contributed by atoms with E-state index in [0.717, 1.165) is 0 Å². The van der Waals surface area contributed by atoms with Gasteiger partial charge in [0.05, 0.1) is 5.56 Å². The fourth-order valence-electron chi connectivity index (χ4n) is 2.81. The van der Waals surface area contributed by atoms with E-state index in [-0.39, 0.29) is 16.9 Å². The van der Waals surface area contributed by atoms with E-state index in [1.54, 1.807) is 56.3 Å². The SMILES string of the molecule is Cc1ccc(-c2ccc(/C=C(/C#N)C(=O)Nc3cccc(Cl)c3C)o2)cc1C(=O)O. The van der Waals surface area contributed by atoms with E-state index in [9.17, 15) is 20.0 Å². The summed E-state index contributed by atoms with van der Waals surface area (Å²) in [5.74, 6) is -0.908. The Morgan fingerprint density at radius 3 is 2.63 bits per heavy atom. The minimum absolute atomic E-state index is 0.148. The van der Waals surface area contributed by atoms with Crippen LogP contribution in [0, 0.1) is 25.2 Å². The number of furan rings is 1. The minimum Gasteiger partial charge on any atom is -0.478 e. The van der Waals surface area contributed by atoms with Crippen molar-refractivity contribution in [3.05, 3.63) is 81.6 Å². The third-order valence-electron chi connectivity index (χ3n) is 4.55. The maximum absolute atomic E-state index is 12.5. The lowest BCUT2D eigenvalue weighted by Crippen LogP contribution is -2.14. The standard InChI is InChI=1S/C23H17ClN2O4/c1-13-6-7-15(11-18(13)23(28)29)21-9-8-17(30-21)10-16(12-25)22(27)26-20-5-3-4-19(24)14(20)2/h3-11H,1-2H3,(H,26,27)(H,28,29)/b16-10-. The van der Waals surface area contributed by atoms with Crippen molar-refractivity contribution >= 4 is 35.2 Å². The highest BCUT2D eigenvalue weighted by molar-refractivity contribution is 6.31. The topological polar surface area (TPSA) is 103 Å². The van der Waals surface area contributed by atoms with Crippen molar-refractivity contribution in [2.45, 2.75) is 13.8 Å². The lowest BCUT2D eigenvalue weighted by Gasteiger charge is -2.08. The summed E-state index contributed by atoms with van der Waals surface area (Å²) in [4.78, 5) is 23.8. The smallest absolute Gasteiger partial charge is 0.335 e. The summed E-state index contributed by atoms with van der Waals surface area (Å²) >= 11 is 6.06. The van der Waals surface area contributed by atoms with Gasteiger partial charge in [-0.05, 0) is 55.3 Å². The van der Waals surface area contributed by atoms with Crippen LogP contribution in [0.4, 0.5) is 5.69 Å². The fourth-order valence-corrected chi connectivity index (χ4v) is 2.99. The first-order valence-corrected chi connectivity index (χ1v) is 9.30. The second kappa shape index (κ2) is 8.68. The van der Waals surface area contributed by atoms with Gasteiger partial charge in [-0.1, -0.05) is 29.8 Å². The number of carbonyl (C=O) groups is 2. The monoisotopic (exact) mass is 420 g/mol. The molecule has 3 aromatic rings. The van der Waals surface area contributed by atoms with Gasteiger partial charge in [0.15, 0.2) is 0 Å². The molecule has 7 heteroatoms. The van der Waals surface area contributed by atoms with Crippen LogP contribution in [-0.2, 0) is 4.79 Å². The molecule has 0 saturated carbocycles. The third-order valence-corrected chi connectivity index (χ3v) is 4.96. The summed E-state index contributed by atoms with van der Waals surface area (Å²) < 4.78 is 5.70. The Morgan fingerprint density at radius 1 is 1.17 bits per heavy atom. The van der Waals surface area contributed by atoms with Crippen molar-refractivity contribution in [3.8, 4) is 17.4 Å². The van der Waals surface area contributed by atoms with Gasteiger partial charge in [0.2, 0.25) is 0 Å². The zero-order valence-electron chi connectivity index (χ0n) is 16.2. The van der Waals surface area contributed by atoms with Crippen molar-refractivity contribution < 1.29 is 19.1 Å². The Hall–Kier alpha value is -3.82. The molecule has 0 radical (unpaired) electrons. The summed E-state index contributed by atoms with van der Waals surface area (Å²) in [6, 6.07) is 15.2. The summed E-state index contributed by atoms with van der Waals surface area (Å²) in [7, 11) is 0. The molecular weight excluding hydrogens is 404 g/mol. The zero-order chi connectivity index (χ0) is 21.8. The maximum Gasteiger partial charge on any atom is 0.335 e. The summed E-state index contributed by atoms with van der Waals surface area (Å²) in [5.41, 5.74) is 2.45. The molecule has 1 amide bonds. The number of carbonyl (C=O) groups excluding carboxylic acids is 1. The first-order valence-electron chi connectivity index (χ1n) is 8.92. The zero-order valence-corrected chi connectivity index (χ0v) is 16.9. The van der Waals surface area contributed by atoms with E-state index in [1.807, 2.05) is 6.07 Å². The van der Waals surface area contributed by atoms with E-state index in [1.165, 1.54) is 12.1 Å². The molecule has 6 nitrogen and oxygen atoms in total. The first kappa shape index (κ1) is 20.9. The number of nitrogens with one attached hydrogen (secondary N) is 1. The van der Waals surface area contributed by atoms with Crippen LogP contribution >= 0.6 is 11.6 Å². The quantitative estimate of drug-likeness (QED) is 0.421. The molecule has 2 aromatic carbocycles. The molecule has 0 aliphatic rings. The molecule has 1 heterocycles. The molecule has 0 atom stereocenters. The van der Waals surface area contributed by atoms with Crippen LogP contribution in [0.25, 0.3) is 17.4 Å². The first-order chi connectivity index (χ1) is 14.3. The highest BCUT2D eigenvalue weighted by Crippen LogP contribution is 2.27. The van der Waals surface area contributed by atoms with Crippen LogP contribution in [0.5, 0.6) is 0 Å². The molecule has 0 spiro atoms. The van der Waals surface area contributed by atoms with Gasteiger partial charge >= 0.3 is 5.97 Å². The van der Waals surface area contributed by atoms with Gasteiger partial charge in [-0.25, -0.2) is 4.79 Å². The predicted octanol–water partition coefficient (Wildman–Crippen LogP) is 5.46. The van der Waals surface area contributed by atoms with Crippen molar-refractivity contribution in [1.82, 2.24) is 0 Å². The number of nitrogens with zero attached hydrogens (tertiary/aromatic N) is 1. The molecule has 30 heavy (non-hydrogen) atoms. The van der Waals surface area contributed by atoms with Crippen LogP contribution in [-0.4, -0.2) is 17.0 Å². The molecule has 1 aromatic heterocycles. The number of amides is 1. The lowest BCUT2D eigenvalue weighted by atomic mass is 10.0. The molecular formula is C23H17ClN2O4. The molecule has 150 valence electrons. The number of benzene rings is 2. The second-order valence-corrected chi connectivity index (χ2v) is 6.98. The molecule has 3 rings (SSSR count). The number of aryl methyl sites for hydroxylation is 1. The van der Waals surface area contributed by atoms with Crippen LogP contribution < -0.4 is 5.32 Å².